The molecule has 0 aliphatic rings. The van der Waals surface area contributed by atoms with Crippen molar-refractivity contribution in [1.82, 2.24) is 0 Å². The number of anilines is 1. The van der Waals surface area contributed by atoms with Crippen LogP contribution in [0.15, 0.2) is 72.8 Å². The van der Waals surface area contributed by atoms with Crippen molar-refractivity contribution >= 4 is 22.4 Å². The lowest BCUT2D eigenvalue weighted by molar-refractivity contribution is 0.0516. The van der Waals surface area contributed by atoms with Gasteiger partial charge in [-0.1, -0.05) is 48.5 Å². The highest BCUT2D eigenvalue weighted by Crippen LogP contribution is 2.16. The van der Waals surface area contributed by atoms with Gasteiger partial charge >= 0.3 is 5.97 Å². The average Bonchev–Trinajstić information content (AvgIpc) is 2.61. The fraction of sp³-hybridized carbons (Fsp3) is 0.150. The van der Waals surface area contributed by atoms with Crippen molar-refractivity contribution in [2.75, 3.05) is 25.1 Å². The summed E-state index contributed by atoms with van der Waals surface area (Å²) in [6, 6.07) is 23.6. The van der Waals surface area contributed by atoms with Crippen molar-refractivity contribution < 1.29 is 9.53 Å². The zero-order chi connectivity index (χ0) is 16.1. The van der Waals surface area contributed by atoms with E-state index in [4.69, 9.17) is 4.74 Å². The molecule has 0 radical (unpaired) electrons. The van der Waals surface area contributed by atoms with Crippen LogP contribution in [-0.4, -0.2) is 26.2 Å². The van der Waals surface area contributed by atoms with E-state index in [1.807, 2.05) is 79.8 Å². The molecular formula is C20H19NO2. The summed E-state index contributed by atoms with van der Waals surface area (Å²) >= 11 is 0. The summed E-state index contributed by atoms with van der Waals surface area (Å²) in [5, 5.41) is 2.16. The van der Waals surface area contributed by atoms with Gasteiger partial charge in [-0.2, -0.15) is 0 Å². The van der Waals surface area contributed by atoms with Crippen LogP contribution in [0.2, 0.25) is 0 Å². The number of likely N-dealkylation sites (N-methyl/N-ethyl adjacent to an activating group) is 1. The van der Waals surface area contributed by atoms with Gasteiger partial charge in [0.25, 0.3) is 0 Å². The van der Waals surface area contributed by atoms with E-state index in [2.05, 4.69) is 4.90 Å². The van der Waals surface area contributed by atoms with E-state index in [-0.39, 0.29) is 5.97 Å². The standard InChI is InChI=1S/C20H19NO2/c1-21(19-9-3-2-4-10-19)13-14-23-20(22)18-12-11-16-7-5-6-8-17(16)15-18/h2-12,15H,13-14H2,1H3. The highest BCUT2D eigenvalue weighted by atomic mass is 16.5. The Bertz CT molecular complexity index is 799. The number of fused-ring (bicyclic) bond motifs is 1. The monoisotopic (exact) mass is 305 g/mol. The minimum atomic E-state index is -0.280. The normalized spacial score (nSPS) is 10.5. The molecule has 0 fully saturated rings. The van der Waals surface area contributed by atoms with Gasteiger partial charge in [-0.25, -0.2) is 4.79 Å². The van der Waals surface area contributed by atoms with Crippen molar-refractivity contribution in [2.24, 2.45) is 0 Å². The number of carbonyl (C=O) groups excluding carboxylic acids is 1. The Kier molecular flexibility index (Phi) is 4.57. The summed E-state index contributed by atoms with van der Waals surface area (Å²) in [6.07, 6.45) is 0. The van der Waals surface area contributed by atoms with Crippen LogP contribution >= 0.6 is 0 Å². The van der Waals surface area contributed by atoms with Gasteiger partial charge in [0.05, 0.1) is 12.1 Å². The Morgan fingerprint density at radius 1 is 0.913 bits per heavy atom. The largest absolute Gasteiger partial charge is 0.460 e. The minimum absolute atomic E-state index is 0.280. The topological polar surface area (TPSA) is 29.5 Å². The van der Waals surface area contributed by atoms with Gasteiger partial charge in [0.2, 0.25) is 0 Å². The van der Waals surface area contributed by atoms with Crippen LogP contribution in [0, 0.1) is 0 Å². The molecule has 0 saturated carbocycles. The van der Waals surface area contributed by atoms with E-state index in [0.29, 0.717) is 18.7 Å². The van der Waals surface area contributed by atoms with Crippen LogP contribution in [0.4, 0.5) is 5.69 Å². The van der Waals surface area contributed by atoms with Gasteiger partial charge in [0.15, 0.2) is 0 Å². The summed E-state index contributed by atoms with van der Waals surface area (Å²) in [4.78, 5) is 14.2. The second-order valence-corrected chi connectivity index (χ2v) is 5.45. The van der Waals surface area contributed by atoms with Gasteiger partial charge in [-0.05, 0) is 35.0 Å². The zero-order valence-electron chi connectivity index (χ0n) is 13.1. The Morgan fingerprint density at radius 2 is 1.61 bits per heavy atom. The second kappa shape index (κ2) is 6.97. The number of benzene rings is 3. The summed E-state index contributed by atoms with van der Waals surface area (Å²) in [5.41, 5.74) is 1.69. The van der Waals surface area contributed by atoms with E-state index < -0.39 is 0 Å². The molecule has 0 amide bonds. The van der Waals surface area contributed by atoms with E-state index >= 15 is 0 Å². The number of rotatable bonds is 5. The van der Waals surface area contributed by atoms with Crippen molar-refractivity contribution in [3.05, 3.63) is 78.4 Å². The highest BCUT2D eigenvalue weighted by molar-refractivity contribution is 5.95. The van der Waals surface area contributed by atoms with Crippen LogP contribution in [0.25, 0.3) is 10.8 Å². The first-order valence-corrected chi connectivity index (χ1v) is 7.66. The third-order valence-electron chi connectivity index (χ3n) is 3.84. The molecule has 0 spiro atoms. The number of ether oxygens (including phenoxy) is 1. The summed E-state index contributed by atoms with van der Waals surface area (Å²) in [7, 11) is 1.99. The molecule has 0 atom stereocenters. The number of esters is 1. The van der Waals surface area contributed by atoms with Crippen molar-refractivity contribution in [2.45, 2.75) is 0 Å². The first-order valence-electron chi connectivity index (χ1n) is 7.66. The molecule has 0 N–H and O–H groups in total. The lowest BCUT2D eigenvalue weighted by atomic mass is 10.1. The molecule has 0 heterocycles. The number of hydrogen-bond acceptors (Lipinski definition) is 3. The Balaban J connectivity index is 1.58. The lowest BCUT2D eigenvalue weighted by Gasteiger charge is -2.18. The molecule has 3 rings (SSSR count). The van der Waals surface area contributed by atoms with Crippen molar-refractivity contribution in [3.63, 3.8) is 0 Å². The molecule has 23 heavy (non-hydrogen) atoms. The SMILES string of the molecule is CN(CCOC(=O)c1ccc2ccccc2c1)c1ccccc1. The molecule has 0 unspecified atom stereocenters. The van der Waals surface area contributed by atoms with Gasteiger partial charge in [0.1, 0.15) is 6.61 Å². The molecule has 0 aromatic heterocycles. The minimum Gasteiger partial charge on any atom is -0.460 e. The lowest BCUT2D eigenvalue weighted by Crippen LogP contribution is -2.23. The number of para-hydroxylation sites is 1. The third kappa shape index (κ3) is 3.69. The van der Waals surface area contributed by atoms with Crippen LogP contribution in [0.5, 0.6) is 0 Å². The first-order chi connectivity index (χ1) is 11.2. The maximum atomic E-state index is 12.2. The number of carbonyl (C=O) groups is 1. The number of hydrogen-bond donors (Lipinski definition) is 0. The first kappa shape index (κ1) is 15.1. The van der Waals surface area contributed by atoms with Gasteiger partial charge in [-0.15, -0.1) is 0 Å². The summed E-state index contributed by atoms with van der Waals surface area (Å²) in [6.45, 7) is 1.01. The van der Waals surface area contributed by atoms with Gasteiger partial charge in [-0.3, -0.25) is 0 Å². The van der Waals surface area contributed by atoms with Crippen LogP contribution < -0.4 is 4.90 Å². The van der Waals surface area contributed by atoms with Crippen molar-refractivity contribution in [1.29, 1.82) is 0 Å². The molecule has 0 saturated heterocycles. The molecule has 0 bridgehead atoms. The second-order valence-electron chi connectivity index (χ2n) is 5.45. The Labute approximate surface area is 136 Å². The predicted octanol–water partition coefficient (Wildman–Crippen LogP) is 4.13. The Hall–Kier alpha value is -2.81. The van der Waals surface area contributed by atoms with E-state index in [1.165, 1.54) is 0 Å². The van der Waals surface area contributed by atoms with Crippen molar-refractivity contribution in [3.8, 4) is 0 Å². The smallest absolute Gasteiger partial charge is 0.338 e. The summed E-state index contributed by atoms with van der Waals surface area (Å²) in [5.74, 6) is -0.280. The van der Waals surface area contributed by atoms with Gasteiger partial charge in [0, 0.05) is 12.7 Å². The predicted molar refractivity (Wildman–Crippen MR) is 93.9 cm³/mol. The zero-order valence-corrected chi connectivity index (χ0v) is 13.1. The van der Waals surface area contributed by atoms with Crippen LogP contribution in [0.3, 0.4) is 0 Å². The number of nitrogens with zero attached hydrogens (tertiary/aromatic N) is 1. The van der Waals surface area contributed by atoms with Gasteiger partial charge < -0.3 is 9.64 Å². The quantitative estimate of drug-likeness (QED) is 0.664. The van der Waals surface area contributed by atoms with Crippen LogP contribution in [-0.2, 0) is 4.74 Å². The Morgan fingerprint density at radius 3 is 2.39 bits per heavy atom. The molecular weight excluding hydrogens is 286 g/mol. The molecule has 3 heteroatoms. The molecule has 3 nitrogen and oxygen atoms in total. The molecule has 0 aliphatic heterocycles. The molecule has 3 aromatic rings. The van der Waals surface area contributed by atoms with Crippen LogP contribution in [0.1, 0.15) is 10.4 Å². The van der Waals surface area contributed by atoms with E-state index in [1.54, 1.807) is 0 Å². The highest BCUT2D eigenvalue weighted by Gasteiger charge is 2.08. The average molecular weight is 305 g/mol. The van der Waals surface area contributed by atoms with E-state index in [0.717, 1.165) is 16.5 Å². The maximum absolute atomic E-state index is 12.2. The molecule has 116 valence electrons. The molecule has 3 aromatic carbocycles. The fourth-order valence-electron chi connectivity index (χ4n) is 2.49. The summed E-state index contributed by atoms with van der Waals surface area (Å²) < 4.78 is 5.39. The van der Waals surface area contributed by atoms with E-state index in [9.17, 15) is 4.79 Å². The maximum Gasteiger partial charge on any atom is 0.338 e. The molecule has 0 aliphatic carbocycles. The third-order valence-corrected chi connectivity index (χ3v) is 3.84. The fourth-order valence-corrected chi connectivity index (χ4v) is 2.49.